The first kappa shape index (κ1) is 16.4. The van der Waals surface area contributed by atoms with Crippen LogP contribution in [0.4, 0.5) is 0 Å². The van der Waals surface area contributed by atoms with E-state index in [1.54, 1.807) is 0 Å². The molecule has 0 spiro atoms. The summed E-state index contributed by atoms with van der Waals surface area (Å²) in [5, 5.41) is 2.85. The lowest BCUT2D eigenvalue weighted by Crippen LogP contribution is -2.56. The minimum Gasteiger partial charge on any atom is -0.337 e. The monoisotopic (exact) mass is 314 g/mol. The molecule has 1 saturated heterocycles. The van der Waals surface area contributed by atoms with Crippen molar-refractivity contribution in [1.82, 2.24) is 10.2 Å². The van der Waals surface area contributed by atoms with E-state index >= 15 is 0 Å². The molecule has 0 saturated carbocycles. The minimum atomic E-state index is -1.49. The summed E-state index contributed by atoms with van der Waals surface area (Å²) in [6.45, 7) is 3.78. The second kappa shape index (κ2) is 7.78. The average Bonchev–Trinajstić information content (AvgIpc) is 2.33. The van der Waals surface area contributed by atoms with Gasteiger partial charge < -0.3 is 5.32 Å². The summed E-state index contributed by atoms with van der Waals surface area (Å²) < 4.78 is -1.49. The van der Waals surface area contributed by atoms with Gasteiger partial charge in [-0.25, -0.2) is 0 Å². The maximum Gasteiger partial charge on any atom is 0.223 e. The lowest BCUT2D eigenvalue weighted by Gasteiger charge is -2.38. The van der Waals surface area contributed by atoms with Crippen molar-refractivity contribution in [3.8, 4) is 0 Å². The highest BCUT2D eigenvalue weighted by Crippen LogP contribution is 2.33. The first-order valence-electron chi connectivity index (χ1n) is 6.55. The Morgan fingerprint density at radius 2 is 1.89 bits per heavy atom. The maximum absolute atomic E-state index is 11.8. The molecule has 1 N–H and O–H groups in total. The Bertz CT molecular complexity index is 263. The Labute approximate surface area is 124 Å². The highest BCUT2D eigenvalue weighted by atomic mass is 35.6. The molecule has 1 atom stereocenters. The van der Waals surface area contributed by atoms with Crippen molar-refractivity contribution in [3.05, 3.63) is 0 Å². The molecule has 0 aromatic carbocycles. The summed E-state index contributed by atoms with van der Waals surface area (Å²) in [5.41, 5.74) is 0. The van der Waals surface area contributed by atoms with Gasteiger partial charge in [0, 0.05) is 19.5 Å². The highest BCUT2D eigenvalue weighted by Gasteiger charge is 2.38. The number of alkyl halides is 3. The molecule has 0 aromatic rings. The first-order chi connectivity index (χ1) is 8.45. The van der Waals surface area contributed by atoms with Crippen LogP contribution in [0.25, 0.3) is 0 Å². The second-order valence-electron chi connectivity index (χ2n) is 4.71. The second-order valence-corrected chi connectivity index (χ2v) is 7.08. The number of nitrogens with zero attached hydrogens (tertiary/aromatic N) is 1. The van der Waals surface area contributed by atoms with Gasteiger partial charge in [0.1, 0.15) is 6.17 Å². The molecule has 0 bridgehead atoms. The van der Waals surface area contributed by atoms with Crippen molar-refractivity contribution in [2.24, 2.45) is 0 Å². The number of amides is 1. The van der Waals surface area contributed by atoms with Gasteiger partial charge in [0.05, 0.1) is 0 Å². The largest absolute Gasteiger partial charge is 0.337 e. The number of hydrogen-bond donors (Lipinski definition) is 1. The lowest BCUT2D eigenvalue weighted by atomic mass is 10.1. The van der Waals surface area contributed by atoms with Crippen LogP contribution in [0, 0.1) is 0 Å². The van der Waals surface area contributed by atoms with E-state index in [1.165, 1.54) is 6.42 Å². The smallest absolute Gasteiger partial charge is 0.223 e. The maximum atomic E-state index is 11.8. The van der Waals surface area contributed by atoms with Crippen LogP contribution in [-0.4, -0.2) is 33.9 Å². The molecule has 0 aromatic heterocycles. The van der Waals surface area contributed by atoms with Crippen LogP contribution in [0.15, 0.2) is 0 Å². The molecular formula is C12H21Cl3N2O. The van der Waals surface area contributed by atoms with Crippen LogP contribution in [-0.2, 0) is 4.79 Å². The number of halogens is 3. The molecule has 18 heavy (non-hydrogen) atoms. The number of likely N-dealkylation sites (tertiary alicyclic amines) is 1. The van der Waals surface area contributed by atoms with Gasteiger partial charge in [-0.3, -0.25) is 9.69 Å². The number of rotatable bonds is 5. The summed E-state index contributed by atoms with van der Waals surface area (Å²) in [7, 11) is 0. The Morgan fingerprint density at radius 3 is 2.39 bits per heavy atom. The van der Waals surface area contributed by atoms with Crippen molar-refractivity contribution < 1.29 is 4.79 Å². The van der Waals surface area contributed by atoms with Gasteiger partial charge in [-0.1, -0.05) is 54.6 Å². The lowest BCUT2D eigenvalue weighted by molar-refractivity contribution is -0.123. The number of carbonyl (C=O) groups is 1. The zero-order valence-corrected chi connectivity index (χ0v) is 13.0. The van der Waals surface area contributed by atoms with Crippen LogP contribution in [0.3, 0.4) is 0 Å². The Morgan fingerprint density at radius 1 is 1.28 bits per heavy atom. The molecule has 0 aliphatic carbocycles. The summed E-state index contributed by atoms with van der Waals surface area (Å²) in [5.74, 6) is -0.0428. The summed E-state index contributed by atoms with van der Waals surface area (Å²) in [6.07, 6.45) is 5.18. The average molecular weight is 316 g/mol. The van der Waals surface area contributed by atoms with E-state index in [1.807, 2.05) is 6.92 Å². The van der Waals surface area contributed by atoms with Gasteiger partial charge in [0.25, 0.3) is 0 Å². The van der Waals surface area contributed by atoms with Crippen LogP contribution in [0.5, 0.6) is 0 Å². The third kappa shape index (κ3) is 5.52. The molecule has 1 amide bonds. The fourth-order valence-electron chi connectivity index (χ4n) is 2.12. The molecule has 0 unspecified atom stereocenters. The molecule has 6 heteroatoms. The molecule has 1 aliphatic rings. The molecule has 0 radical (unpaired) electrons. The van der Waals surface area contributed by atoms with Gasteiger partial charge >= 0.3 is 0 Å². The fraction of sp³-hybridized carbons (Fsp3) is 0.917. The van der Waals surface area contributed by atoms with Gasteiger partial charge in [0.15, 0.2) is 0 Å². The standard InChI is InChI=1S/C12H21Cl3N2O/c1-2-3-7-10(18)16-11(12(13,14)15)17-8-5-4-6-9-17/h11H,2-9H2,1H3,(H,16,18)/t11-/m1/s1. The number of unbranched alkanes of at least 4 members (excludes halogenated alkanes) is 1. The van der Waals surface area contributed by atoms with Gasteiger partial charge in [-0.2, -0.15) is 0 Å². The molecule has 1 aliphatic heterocycles. The fourth-order valence-corrected chi connectivity index (χ4v) is 2.70. The van der Waals surface area contributed by atoms with E-state index in [2.05, 4.69) is 10.2 Å². The zero-order chi connectivity index (χ0) is 13.6. The van der Waals surface area contributed by atoms with E-state index in [9.17, 15) is 4.79 Å². The van der Waals surface area contributed by atoms with Gasteiger partial charge in [0.2, 0.25) is 9.70 Å². The predicted molar refractivity (Wildman–Crippen MR) is 77.2 cm³/mol. The Kier molecular flexibility index (Phi) is 7.07. The van der Waals surface area contributed by atoms with Gasteiger partial charge in [-0.15, -0.1) is 0 Å². The van der Waals surface area contributed by atoms with Gasteiger partial charge in [-0.05, 0) is 19.3 Å². The Balaban J connectivity index is 2.58. The molecule has 1 fully saturated rings. The number of hydrogen-bond acceptors (Lipinski definition) is 2. The highest BCUT2D eigenvalue weighted by molar-refractivity contribution is 6.68. The molecule has 1 heterocycles. The molecule has 3 nitrogen and oxygen atoms in total. The Hall–Kier alpha value is 0.300. The van der Waals surface area contributed by atoms with E-state index in [-0.39, 0.29) is 5.91 Å². The van der Waals surface area contributed by atoms with Crippen LogP contribution < -0.4 is 5.32 Å². The number of nitrogens with one attached hydrogen (secondary N) is 1. The van der Waals surface area contributed by atoms with Crippen molar-refractivity contribution in [2.75, 3.05) is 13.1 Å². The van der Waals surface area contributed by atoms with Crippen molar-refractivity contribution >= 4 is 40.7 Å². The first-order valence-corrected chi connectivity index (χ1v) is 7.68. The van der Waals surface area contributed by atoms with Crippen LogP contribution >= 0.6 is 34.8 Å². The number of piperidine rings is 1. The third-order valence-corrected chi connectivity index (χ3v) is 3.74. The van der Waals surface area contributed by atoms with Crippen molar-refractivity contribution in [1.29, 1.82) is 0 Å². The molecular weight excluding hydrogens is 295 g/mol. The van der Waals surface area contributed by atoms with Crippen molar-refractivity contribution in [3.63, 3.8) is 0 Å². The predicted octanol–water partition coefficient (Wildman–Crippen LogP) is 3.48. The minimum absolute atomic E-state index is 0.0428. The van der Waals surface area contributed by atoms with E-state index < -0.39 is 9.96 Å². The summed E-state index contributed by atoms with van der Waals surface area (Å²) in [6, 6.07) is 0. The third-order valence-electron chi connectivity index (χ3n) is 3.12. The number of carbonyl (C=O) groups excluding carboxylic acids is 1. The van der Waals surface area contributed by atoms with Crippen molar-refractivity contribution in [2.45, 2.75) is 55.4 Å². The molecule has 106 valence electrons. The van der Waals surface area contributed by atoms with E-state index in [4.69, 9.17) is 34.8 Å². The van der Waals surface area contributed by atoms with E-state index in [0.29, 0.717) is 6.42 Å². The summed E-state index contributed by atoms with van der Waals surface area (Å²) in [4.78, 5) is 13.8. The van der Waals surface area contributed by atoms with Crippen LogP contribution in [0.1, 0.15) is 45.4 Å². The quantitative estimate of drug-likeness (QED) is 0.788. The molecule has 1 rings (SSSR count). The normalized spacial score (nSPS) is 19.6. The topological polar surface area (TPSA) is 32.3 Å². The zero-order valence-electron chi connectivity index (χ0n) is 10.7. The SMILES string of the molecule is CCCCC(=O)N[C@H](N1CCCCC1)C(Cl)(Cl)Cl. The summed E-state index contributed by atoms with van der Waals surface area (Å²) >= 11 is 18.0. The van der Waals surface area contributed by atoms with Crippen LogP contribution in [0.2, 0.25) is 0 Å². The van der Waals surface area contributed by atoms with E-state index in [0.717, 1.165) is 38.8 Å².